The Morgan fingerprint density at radius 2 is 2.12 bits per heavy atom. The number of hydrogen-bond acceptors (Lipinski definition) is 1. The molecule has 2 aromatic rings. The van der Waals surface area contributed by atoms with Gasteiger partial charge in [0.15, 0.2) is 0 Å². The summed E-state index contributed by atoms with van der Waals surface area (Å²) in [4.78, 5) is 3.09. The van der Waals surface area contributed by atoms with Crippen molar-refractivity contribution in [3.63, 3.8) is 0 Å². The molecule has 1 heterocycles. The SMILES string of the molecule is C=C(OC)c1c[nH]cc1-c1cccc(C)c1. The van der Waals surface area contributed by atoms with Crippen LogP contribution in [0.2, 0.25) is 0 Å². The highest BCUT2D eigenvalue weighted by Gasteiger charge is 2.09. The maximum atomic E-state index is 5.17. The predicted octanol–water partition coefficient (Wildman–Crippen LogP) is 3.61. The fourth-order valence-electron chi connectivity index (χ4n) is 1.76. The third kappa shape index (κ3) is 1.87. The average Bonchev–Trinajstić information content (AvgIpc) is 2.77. The van der Waals surface area contributed by atoms with Gasteiger partial charge in [0.25, 0.3) is 0 Å². The second-order valence-corrected chi connectivity index (χ2v) is 3.78. The van der Waals surface area contributed by atoms with Crippen LogP contribution in [0.25, 0.3) is 16.9 Å². The molecule has 0 aliphatic rings. The number of hydrogen-bond donors (Lipinski definition) is 1. The van der Waals surface area contributed by atoms with Crippen molar-refractivity contribution in [2.75, 3.05) is 7.11 Å². The molecule has 0 fully saturated rings. The van der Waals surface area contributed by atoms with E-state index in [1.165, 1.54) is 11.1 Å². The highest BCUT2D eigenvalue weighted by molar-refractivity contribution is 5.78. The van der Waals surface area contributed by atoms with E-state index in [0.717, 1.165) is 11.1 Å². The lowest BCUT2D eigenvalue weighted by atomic mass is 10.0. The van der Waals surface area contributed by atoms with Crippen LogP contribution in [-0.2, 0) is 4.74 Å². The van der Waals surface area contributed by atoms with E-state index in [-0.39, 0.29) is 0 Å². The van der Waals surface area contributed by atoms with E-state index in [1.54, 1.807) is 7.11 Å². The minimum atomic E-state index is 0.678. The Bertz CT molecular complexity index is 511. The Morgan fingerprint density at radius 1 is 1.31 bits per heavy atom. The summed E-state index contributed by atoms with van der Waals surface area (Å²) in [5, 5.41) is 0. The van der Waals surface area contributed by atoms with Gasteiger partial charge in [-0.25, -0.2) is 0 Å². The summed E-state index contributed by atoms with van der Waals surface area (Å²) >= 11 is 0. The molecule has 0 radical (unpaired) electrons. The van der Waals surface area contributed by atoms with Gasteiger partial charge in [-0.1, -0.05) is 36.4 Å². The molecule has 2 nitrogen and oxygen atoms in total. The van der Waals surface area contributed by atoms with Crippen molar-refractivity contribution in [3.8, 4) is 11.1 Å². The molecule has 16 heavy (non-hydrogen) atoms. The molecule has 82 valence electrons. The largest absolute Gasteiger partial charge is 0.497 e. The number of benzene rings is 1. The van der Waals surface area contributed by atoms with Crippen molar-refractivity contribution < 1.29 is 4.74 Å². The summed E-state index contributed by atoms with van der Waals surface area (Å²) in [7, 11) is 1.63. The Kier molecular flexibility index (Phi) is 2.82. The van der Waals surface area contributed by atoms with Crippen LogP contribution in [-0.4, -0.2) is 12.1 Å². The normalized spacial score (nSPS) is 10.1. The fourth-order valence-corrected chi connectivity index (χ4v) is 1.76. The topological polar surface area (TPSA) is 25.0 Å². The van der Waals surface area contributed by atoms with Gasteiger partial charge in [-0.15, -0.1) is 0 Å². The molecule has 0 saturated heterocycles. The molecular formula is C14H15NO. The van der Waals surface area contributed by atoms with Gasteiger partial charge in [0.05, 0.1) is 7.11 Å². The van der Waals surface area contributed by atoms with Crippen molar-refractivity contribution in [1.82, 2.24) is 4.98 Å². The second kappa shape index (κ2) is 4.27. The quantitative estimate of drug-likeness (QED) is 0.774. The van der Waals surface area contributed by atoms with Gasteiger partial charge < -0.3 is 9.72 Å². The molecule has 0 saturated carbocycles. The first-order chi connectivity index (χ1) is 7.72. The van der Waals surface area contributed by atoms with E-state index >= 15 is 0 Å². The molecule has 0 aliphatic heterocycles. The molecule has 0 spiro atoms. The minimum Gasteiger partial charge on any atom is -0.497 e. The van der Waals surface area contributed by atoms with Gasteiger partial charge in [0, 0.05) is 23.5 Å². The van der Waals surface area contributed by atoms with Crippen LogP contribution in [0.5, 0.6) is 0 Å². The summed E-state index contributed by atoms with van der Waals surface area (Å²) < 4.78 is 5.17. The summed E-state index contributed by atoms with van der Waals surface area (Å²) in [6, 6.07) is 8.37. The van der Waals surface area contributed by atoms with Crippen molar-refractivity contribution in [3.05, 3.63) is 54.4 Å². The van der Waals surface area contributed by atoms with Gasteiger partial charge in [-0.05, 0) is 12.5 Å². The molecular weight excluding hydrogens is 198 g/mol. The summed E-state index contributed by atoms with van der Waals surface area (Å²) in [5.41, 5.74) is 4.55. The monoisotopic (exact) mass is 213 g/mol. The number of H-pyrrole nitrogens is 1. The highest BCUT2D eigenvalue weighted by Crippen LogP contribution is 2.28. The van der Waals surface area contributed by atoms with Gasteiger partial charge in [-0.3, -0.25) is 0 Å². The molecule has 2 rings (SSSR count). The van der Waals surface area contributed by atoms with Gasteiger partial charge in [-0.2, -0.15) is 0 Å². The number of methoxy groups -OCH3 is 1. The van der Waals surface area contributed by atoms with E-state index < -0.39 is 0 Å². The van der Waals surface area contributed by atoms with E-state index in [1.807, 2.05) is 12.4 Å². The van der Waals surface area contributed by atoms with Gasteiger partial charge in [0.1, 0.15) is 5.76 Å². The first kappa shape index (κ1) is 10.6. The van der Waals surface area contributed by atoms with Crippen LogP contribution in [0.15, 0.2) is 43.2 Å². The summed E-state index contributed by atoms with van der Waals surface area (Å²) in [5.74, 6) is 0.678. The van der Waals surface area contributed by atoms with E-state index in [9.17, 15) is 0 Å². The minimum absolute atomic E-state index is 0.678. The van der Waals surface area contributed by atoms with E-state index in [2.05, 4.69) is 42.8 Å². The Morgan fingerprint density at radius 3 is 2.81 bits per heavy atom. The van der Waals surface area contributed by atoms with Crippen molar-refractivity contribution in [2.24, 2.45) is 0 Å². The number of rotatable bonds is 3. The highest BCUT2D eigenvalue weighted by atomic mass is 16.5. The molecule has 2 heteroatoms. The Balaban J connectivity index is 2.48. The zero-order valence-electron chi connectivity index (χ0n) is 9.58. The number of nitrogens with one attached hydrogen (secondary N) is 1. The molecule has 1 aromatic carbocycles. The number of aromatic nitrogens is 1. The zero-order chi connectivity index (χ0) is 11.5. The van der Waals surface area contributed by atoms with Gasteiger partial charge in [0.2, 0.25) is 0 Å². The lowest BCUT2D eigenvalue weighted by Gasteiger charge is -2.06. The third-order valence-corrected chi connectivity index (χ3v) is 2.62. The smallest absolute Gasteiger partial charge is 0.121 e. The zero-order valence-corrected chi connectivity index (χ0v) is 9.58. The maximum Gasteiger partial charge on any atom is 0.121 e. The second-order valence-electron chi connectivity index (χ2n) is 3.78. The molecule has 1 N–H and O–H groups in total. The first-order valence-corrected chi connectivity index (χ1v) is 5.19. The molecule has 0 unspecified atom stereocenters. The van der Waals surface area contributed by atoms with Gasteiger partial charge >= 0.3 is 0 Å². The van der Waals surface area contributed by atoms with Crippen molar-refractivity contribution in [2.45, 2.75) is 6.92 Å². The fraction of sp³-hybridized carbons (Fsp3) is 0.143. The van der Waals surface area contributed by atoms with E-state index in [4.69, 9.17) is 4.74 Å². The molecule has 0 bridgehead atoms. The molecule has 1 aromatic heterocycles. The Hall–Kier alpha value is -1.96. The van der Waals surface area contributed by atoms with Crippen molar-refractivity contribution >= 4 is 5.76 Å². The molecule has 0 aliphatic carbocycles. The predicted molar refractivity (Wildman–Crippen MR) is 67.0 cm³/mol. The standard InChI is InChI=1S/C14H15NO/c1-10-5-4-6-12(7-10)14-9-15-8-13(14)11(2)16-3/h4-9,15H,2H2,1,3H3. The van der Waals surface area contributed by atoms with E-state index in [0.29, 0.717) is 5.76 Å². The molecule has 0 amide bonds. The average molecular weight is 213 g/mol. The van der Waals surface area contributed by atoms with Crippen LogP contribution in [0.3, 0.4) is 0 Å². The first-order valence-electron chi connectivity index (χ1n) is 5.19. The van der Waals surface area contributed by atoms with Crippen LogP contribution >= 0.6 is 0 Å². The van der Waals surface area contributed by atoms with Crippen LogP contribution in [0.4, 0.5) is 0 Å². The summed E-state index contributed by atoms with van der Waals surface area (Å²) in [6.45, 7) is 5.97. The maximum absolute atomic E-state index is 5.17. The molecule has 0 atom stereocenters. The van der Waals surface area contributed by atoms with Crippen LogP contribution < -0.4 is 0 Å². The Labute approximate surface area is 95.6 Å². The lowest BCUT2D eigenvalue weighted by molar-refractivity contribution is 0.371. The number of aromatic amines is 1. The number of ether oxygens (including phenoxy) is 1. The van der Waals surface area contributed by atoms with Crippen LogP contribution in [0.1, 0.15) is 11.1 Å². The van der Waals surface area contributed by atoms with Crippen LogP contribution in [0, 0.1) is 6.92 Å². The van der Waals surface area contributed by atoms with Crippen molar-refractivity contribution in [1.29, 1.82) is 0 Å². The third-order valence-electron chi connectivity index (χ3n) is 2.62. The lowest BCUT2D eigenvalue weighted by Crippen LogP contribution is -1.86. The summed E-state index contributed by atoms with van der Waals surface area (Å²) in [6.07, 6.45) is 3.87. The number of aryl methyl sites for hydroxylation is 1.